The summed E-state index contributed by atoms with van der Waals surface area (Å²) in [6.07, 6.45) is 14.7. The number of rotatable bonds is 5. The van der Waals surface area contributed by atoms with Crippen LogP contribution in [0.1, 0.15) is 64.2 Å². The van der Waals surface area contributed by atoms with Crippen LogP contribution in [0.5, 0.6) is 0 Å². The molecule has 0 radical (unpaired) electrons. The SMILES string of the molecule is C1CCC(CCCNC2CCCC2)C1. The summed E-state index contributed by atoms with van der Waals surface area (Å²) in [6.45, 7) is 1.28. The van der Waals surface area contributed by atoms with Gasteiger partial charge in [0.1, 0.15) is 0 Å². The fourth-order valence-corrected chi connectivity index (χ4v) is 3.13. The minimum Gasteiger partial charge on any atom is -0.314 e. The largest absolute Gasteiger partial charge is 0.314 e. The lowest BCUT2D eigenvalue weighted by atomic mass is 10.0. The molecule has 1 nitrogen and oxygen atoms in total. The molecule has 0 atom stereocenters. The Kier molecular flexibility index (Phi) is 4.30. The Labute approximate surface area is 88.7 Å². The molecule has 0 aromatic heterocycles. The summed E-state index contributed by atoms with van der Waals surface area (Å²) in [7, 11) is 0. The first-order valence-corrected chi connectivity index (χ1v) is 6.68. The van der Waals surface area contributed by atoms with Gasteiger partial charge in [-0.1, -0.05) is 38.5 Å². The van der Waals surface area contributed by atoms with Crippen LogP contribution in [0.25, 0.3) is 0 Å². The highest BCUT2D eigenvalue weighted by Crippen LogP contribution is 2.28. The highest BCUT2D eigenvalue weighted by molar-refractivity contribution is 4.74. The minimum atomic E-state index is 0.874. The summed E-state index contributed by atoms with van der Waals surface area (Å²) >= 11 is 0. The summed E-state index contributed by atoms with van der Waals surface area (Å²) in [4.78, 5) is 0. The van der Waals surface area contributed by atoms with E-state index in [9.17, 15) is 0 Å². The van der Waals surface area contributed by atoms with Crippen molar-refractivity contribution in [2.75, 3.05) is 6.54 Å². The zero-order valence-electron chi connectivity index (χ0n) is 9.43. The predicted octanol–water partition coefficient (Wildman–Crippen LogP) is 3.49. The first-order valence-electron chi connectivity index (χ1n) is 6.68. The zero-order valence-corrected chi connectivity index (χ0v) is 9.43. The van der Waals surface area contributed by atoms with Gasteiger partial charge in [-0.3, -0.25) is 0 Å². The molecule has 2 fully saturated rings. The van der Waals surface area contributed by atoms with Crippen LogP contribution in [0, 0.1) is 5.92 Å². The van der Waals surface area contributed by atoms with Gasteiger partial charge in [0.25, 0.3) is 0 Å². The lowest BCUT2D eigenvalue weighted by Gasteiger charge is -2.13. The molecular formula is C13H25N. The first-order chi connectivity index (χ1) is 6.95. The van der Waals surface area contributed by atoms with Gasteiger partial charge in [-0.25, -0.2) is 0 Å². The normalized spacial score (nSPS) is 24.9. The smallest absolute Gasteiger partial charge is 0.00670 e. The zero-order chi connectivity index (χ0) is 9.64. The van der Waals surface area contributed by atoms with Gasteiger partial charge in [0, 0.05) is 6.04 Å². The van der Waals surface area contributed by atoms with Crippen molar-refractivity contribution in [3.8, 4) is 0 Å². The van der Waals surface area contributed by atoms with Gasteiger partial charge in [-0.2, -0.15) is 0 Å². The Balaban J connectivity index is 1.46. The quantitative estimate of drug-likeness (QED) is 0.662. The molecule has 1 N–H and O–H groups in total. The summed E-state index contributed by atoms with van der Waals surface area (Å²) in [6, 6.07) is 0.874. The van der Waals surface area contributed by atoms with E-state index in [1.807, 2.05) is 0 Å². The number of hydrogen-bond donors (Lipinski definition) is 1. The van der Waals surface area contributed by atoms with Crippen LogP contribution in [0.3, 0.4) is 0 Å². The molecule has 82 valence electrons. The average Bonchev–Trinajstić information content (AvgIpc) is 2.86. The molecule has 0 spiro atoms. The van der Waals surface area contributed by atoms with E-state index >= 15 is 0 Å². The minimum absolute atomic E-state index is 0.874. The highest BCUT2D eigenvalue weighted by atomic mass is 14.9. The van der Waals surface area contributed by atoms with Crippen molar-refractivity contribution in [2.45, 2.75) is 70.3 Å². The van der Waals surface area contributed by atoms with E-state index in [-0.39, 0.29) is 0 Å². The van der Waals surface area contributed by atoms with Crippen molar-refractivity contribution < 1.29 is 0 Å². The second-order valence-electron chi connectivity index (χ2n) is 5.23. The van der Waals surface area contributed by atoms with Crippen LogP contribution >= 0.6 is 0 Å². The van der Waals surface area contributed by atoms with Gasteiger partial charge < -0.3 is 5.32 Å². The molecule has 0 bridgehead atoms. The van der Waals surface area contributed by atoms with Crippen molar-refractivity contribution in [2.24, 2.45) is 5.92 Å². The second-order valence-corrected chi connectivity index (χ2v) is 5.23. The fourth-order valence-electron chi connectivity index (χ4n) is 3.13. The van der Waals surface area contributed by atoms with Gasteiger partial charge in [0.05, 0.1) is 0 Å². The summed E-state index contributed by atoms with van der Waals surface area (Å²) < 4.78 is 0. The van der Waals surface area contributed by atoms with E-state index in [0.29, 0.717) is 0 Å². The topological polar surface area (TPSA) is 12.0 Å². The van der Waals surface area contributed by atoms with Gasteiger partial charge in [-0.05, 0) is 38.1 Å². The van der Waals surface area contributed by atoms with Crippen LogP contribution in [-0.2, 0) is 0 Å². The van der Waals surface area contributed by atoms with Crippen molar-refractivity contribution in [3.63, 3.8) is 0 Å². The third-order valence-corrected chi connectivity index (χ3v) is 4.05. The van der Waals surface area contributed by atoms with Crippen molar-refractivity contribution in [3.05, 3.63) is 0 Å². The van der Waals surface area contributed by atoms with Crippen LogP contribution in [0.2, 0.25) is 0 Å². The van der Waals surface area contributed by atoms with Crippen molar-refractivity contribution in [1.82, 2.24) is 5.32 Å². The molecular weight excluding hydrogens is 170 g/mol. The molecule has 2 rings (SSSR count). The summed E-state index contributed by atoms with van der Waals surface area (Å²) in [5, 5.41) is 3.71. The van der Waals surface area contributed by atoms with Gasteiger partial charge in [0.15, 0.2) is 0 Å². The maximum absolute atomic E-state index is 3.71. The number of hydrogen-bond acceptors (Lipinski definition) is 1. The lowest BCUT2D eigenvalue weighted by molar-refractivity contribution is 0.446. The predicted molar refractivity (Wildman–Crippen MR) is 61.5 cm³/mol. The molecule has 0 amide bonds. The van der Waals surface area contributed by atoms with E-state index < -0.39 is 0 Å². The van der Waals surface area contributed by atoms with Crippen LogP contribution < -0.4 is 5.32 Å². The first kappa shape index (κ1) is 10.5. The van der Waals surface area contributed by atoms with E-state index in [2.05, 4.69) is 5.32 Å². The Bertz CT molecular complexity index is 125. The van der Waals surface area contributed by atoms with Crippen LogP contribution in [0.15, 0.2) is 0 Å². The van der Waals surface area contributed by atoms with E-state index in [1.54, 1.807) is 0 Å². The third-order valence-electron chi connectivity index (χ3n) is 4.05. The maximum atomic E-state index is 3.71. The Morgan fingerprint density at radius 2 is 1.50 bits per heavy atom. The summed E-state index contributed by atoms with van der Waals surface area (Å²) in [5.41, 5.74) is 0. The van der Waals surface area contributed by atoms with Crippen molar-refractivity contribution >= 4 is 0 Å². The molecule has 0 unspecified atom stereocenters. The Hall–Kier alpha value is -0.0400. The Morgan fingerprint density at radius 3 is 2.21 bits per heavy atom. The molecule has 0 saturated heterocycles. The van der Waals surface area contributed by atoms with Gasteiger partial charge >= 0.3 is 0 Å². The van der Waals surface area contributed by atoms with Crippen LogP contribution in [0.4, 0.5) is 0 Å². The van der Waals surface area contributed by atoms with E-state index in [0.717, 1.165) is 12.0 Å². The number of nitrogens with one attached hydrogen (secondary N) is 1. The molecule has 1 heteroatoms. The molecule has 0 aromatic carbocycles. The molecule has 14 heavy (non-hydrogen) atoms. The molecule has 2 saturated carbocycles. The van der Waals surface area contributed by atoms with E-state index in [1.165, 1.54) is 70.8 Å². The van der Waals surface area contributed by atoms with Crippen molar-refractivity contribution in [1.29, 1.82) is 0 Å². The molecule has 2 aliphatic carbocycles. The fraction of sp³-hybridized carbons (Fsp3) is 1.00. The Morgan fingerprint density at radius 1 is 0.857 bits per heavy atom. The monoisotopic (exact) mass is 195 g/mol. The maximum Gasteiger partial charge on any atom is 0.00670 e. The molecule has 0 aromatic rings. The summed E-state index contributed by atoms with van der Waals surface area (Å²) in [5.74, 6) is 1.08. The molecule has 0 heterocycles. The lowest BCUT2D eigenvalue weighted by Crippen LogP contribution is -2.27. The van der Waals surface area contributed by atoms with E-state index in [4.69, 9.17) is 0 Å². The third kappa shape index (κ3) is 3.27. The van der Waals surface area contributed by atoms with Gasteiger partial charge in [0.2, 0.25) is 0 Å². The standard InChI is InChI=1S/C13H25N/c1-2-7-12(6-1)8-5-11-14-13-9-3-4-10-13/h12-14H,1-11H2. The van der Waals surface area contributed by atoms with Gasteiger partial charge in [-0.15, -0.1) is 0 Å². The second kappa shape index (κ2) is 5.75. The highest BCUT2D eigenvalue weighted by Gasteiger charge is 2.16. The van der Waals surface area contributed by atoms with Crippen LogP contribution in [-0.4, -0.2) is 12.6 Å². The average molecular weight is 195 g/mol. The molecule has 0 aliphatic heterocycles. The molecule has 2 aliphatic rings.